The quantitative estimate of drug-likeness (QED) is 0.0360. The van der Waals surface area contributed by atoms with Crippen molar-refractivity contribution < 1.29 is 62.7 Å². The van der Waals surface area contributed by atoms with E-state index < -0.39 is 52.0 Å². The fourth-order valence-corrected chi connectivity index (χ4v) is 15.5. The minimum absolute atomic E-state index is 0.0509. The van der Waals surface area contributed by atoms with E-state index in [1.807, 2.05) is 81.4 Å². The number of piperazine rings is 4. The van der Waals surface area contributed by atoms with Crippen LogP contribution in [0.25, 0.3) is 28.7 Å². The summed E-state index contributed by atoms with van der Waals surface area (Å²) in [6.07, 6.45) is 13.4. The van der Waals surface area contributed by atoms with Crippen LogP contribution in [0.15, 0.2) is 116 Å². The molecule has 4 aliphatic heterocycles. The Morgan fingerprint density at radius 3 is 1.18 bits per heavy atom. The summed E-state index contributed by atoms with van der Waals surface area (Å²) in [6, 6.07) is 21.1. The van der Waals surface area contributed by atoms with Gasteiger partial charge in [-0.3, -0.25) is 9.59 Å². The number of aromatic carboxylic acids is 1. The van der Waals surface area contributed by atoms with Crippen LogP contribution in [0.5, 0.6) is 0 Å². The number of carbonyl (C=O) groups is 4. The summed E-state index contributed by atoms with van der Waals surface area (Å²) in [6.45, 7) is 14.9. The van der Waals surface area contributed by atoms with Crippen molar-refractivity contribution in [1.82, 2.24) is 77.0 Å². The Morgan fingerprint density at radius 1 is 0.432 bits per heavy atom. The van der Waals surface area contributed by atoms with Gasteiger partial charge in [0.1, 0.15) is 35.3 Å². The van der Waals surface area contributed by atoms with Gasteiger partial charge in [-0.05, 0) is 45.4 Å². The van der Waals surface area contributed by atoms with Crippen LogP contribution in [0.4, 0.5) is 52.4 Å². The number of aromatic nitrogens is 12. The Balaban J connectivity index is 0.000000179. The van der Waals surface area contributed by atoms with Crippen LogP contribution < -0.4 is 48.3 Å². The summed E-state index contributed by atoms with van der Waals surface area (Å²) in [7, 11) is -11.5. The monoisotopic (exact) mass is 1610 g/mol. The van der Waals surface area contributed by atoms with Crippen molar-refractivity contribution in [2.24, 2.45) is 0 Å². The molecule has 0 unspecified atom stereocenters. The van der Waals surface area contributed by atoms with Crippen LogP contribution in [0, 0.1) is 0 Å². The summed E-state index contributed by atoms with van der Waals surface area (Å²) in [5.41, 5.74) is 32.0. The molecule has 11 N–H and O–H groups in total. The van der Waals surface area contributed by atoms with Crippen LogP contribution in [0.1, 0.15) is 82.1 Å². The van der Waals surface area contributed by atoms with Gasteiger partial charge in [-0.1, -0.05) is 66.7 Å². The first kappa shape index (κ1) is 85.4. The summed E-state index contributed by atoms with van der Waals surface area (Å²) in [5.74, 6) is 0.461. The van der Waals surface area contributed by atoms with Crippen LogP contribution in [-0.2, 0) is 44.8 Å². The number of methoxy groups -OCH3 is 1. The number of benzene rings is 2. The molecule has 0 amide bonds. The number of carboxylic acid groups (broad SMARTS) is 1. The van der Waals surface area contributed by atoms with Gasteiger partial charge in [-0.2, -0.15) is 17.2 Å². The summed E-state index contributed by atoms with van der Waals surface area (Å²) >= 11 is 0. The first-order valence-corrected chi connectivity index (χ1v) is 41.2. The van der Waals surface area contributed by atoms with Crippen LogP contribution in [0.3, 0.4) is 0 Å². The van der Waals surface area contributed by atoms with E-state index in [0.29, 0.717) is 139 Å². The second-order valence-corrected chi connectivity index (χ2v) is 33.4. The molecular formula is C68H89N25O14S4. The zero-order valence-corrected chi connectivity index (χ0v) is 65.2. The zero-order chi connectivity index (χ0) is 80.8. The lowest BCUT2D eigenvalue weighted by atomic mass is 10.1. The minimum Gasteiger partial charge on any atom is -0.476 e. The third-order valence-corrected chi connectivity index (χ3v) is 25.0. The van der Waals surface area contributed by atoms with Crippen molar-refractivity contribution >= 4 is 122 Å². The maximum Gasteiger partial charge on any atom is 0.360 e. The SMILES string of the molecule is CCS(=O)(=O)N1CCN(c2cnc(N)c(-c3cc(-c4ccccc4)ncn3)n2)CC1.CCS(=O)(=O)N1CCN(c2cnc(N)c(C(=O)/C=C/c3ccccc3)n2)CC1.CCS(=O)(=O)N1CCN(c2cnc(N)c(C(=O)O)n2)CC1.CCS(=O)(=O)N1CCN(c2cnc(N)c(C(C)=O)n2)CC1.COC(=O)c1nccnc1N. The number of carboxylic acids is 1. The predicted octanol–water partition coefficient (Wildman–Crippen LogP) is 1.89. The van der Waals surface area contributed by atoms with E-state index in [1.54, 1.807) is 44.9 Å². The number of hydrogen-bond donors (Lipinski definition) is 6. The Kier molecular flexibility index (Phi) is 29.9. The second-order valence-electron chi connectivity index (χ2n) is 24.4. The van der Waals surface area contributed by atoms with E-state index in [-0.39, 0.29) is 86.4 Å². The smallest absolute Gasteiger partial charge is 0.360 e. The highest BCUT2D eigenvalue weighted by Crippen LogP contribution is 2.28. The number of nitrogens with two attached hydrogens (primary N) is 5. The van der Waals surface area contributed by atoms with Crippen molar-refractivity contribution in [3.8, 4) is 22.6 Å². The molecule has 111 heavy (non-hydrogen) atoms. The van der Waals surface area contributed by atoms with Crippen molar-refractivity contribution in [1.29, 1.82) is 0 Å². The molecule has 4 aliphatic rings. The number of nitrogen functional groups attached to an aromatic ring is 5. The number of ketones is 2. The molecule has 0 aliphatic carbocycles. The highest BCUT2D eigenvalue weighted by atomic mass is 32.2. The molecule has 594 valence electrons. The molecule has 8 aromatic rings. The molecule has 4 saturated heterocycles. The van der Waals surface area contributed by atoms with E-state index in [9.17, 15) is 52.8 Å². The van der Waals surface area contributed by atoms with E-state index >= 15 is 0 Å². The first-order chi connectivity index (χ1) is 52.8. The van der Waals surface area contributed by atoms with E-state index in [2.05, 4.69) is 64.5 Å². The van der Waals surface area contributed by atoms with Crippen molar-refractivity contribution in [3.05, 3.63) is 145 Å². The Bertz CT molecular complexity index is 4940. The zero-order valence-electron chi connectivity index (χ0n) is 61.9. The lowest BCUT2D eigenvalue weighted by molar-refractivity contribution is 0.0593. The molecule has 4 fully saturated rings. The van der Waals surface area contributed by atoms with Crippen LogP contribution in [0.2, 0.25) is 0 Å². The summed E-state index contributed by atoms with van der Waals surface area (Å²) in [4.78, 5) is 103. The number of ether oxygens (including phenoxy) is 1. The average molecular weight is 1610 g/mol. The van der Waals surface area contributed by atoms with Crippen LogP contribution >= 0.6 is 0 Å². The van der Waals surface area contributed by atoms with Gasteiger partial charge in [0.15, 0.2) is 57.6 Å². The largest absolute Gasteiger partial charge is 0.476 e. The van der Waals surface area contributed by atoms with Gasteiger partial charge in [0, 0.05) is 130 Å². The third-order valence-electron chi connectivity index (χ3n) is 17.5. The Labute approximate surface area is 643 Å². The summed E-state index contributed by atoms with van der Waals surface area (Å²) < 4.78 is 106. The van der Waals surface area contributed by atoms with Crippen LogP contribution in [-0.4, -0.2) is 274 Å². The van der Waals surface area contributed by atoms with Gasteiger partial charge in [-0.15, -0.1) is 0 Å². The first-order valence-electron chi connectivity index (χ1n) is 34.8. The molecule has 0 spiro atoms. The highest BCUT2D eigenvalue weighted by molar-refractivity contribution is 7.89. The van der Waals surface area contributed by atoms with Crippen molar-refractivity contribution in [2.45, 2.75) is 34.6 Å². The molecular weight excluding hydrogens is 1520 g/mol. The maximum absolute atomic E-state index is 12.5. The standard InChI is InChI=1S/C20H23N7O2S.C19H23N5O3S.C12H19N5O3S.C11H17N5O4S.C6H7N3O2/c1-2-30(28,29)27-10-8-26(9-11-27)18-13-22-20(21)19(25-18)17-12-16(23-14-24-17)15-6-4-3-5-7-15;1-2-28(26,27)24-12-10-23(11-13-24)17-14-21-19(20)18(22-17)16(25)9-8-15-6-4-3-5-7-15;1-3-21(19,20)17-6-4-16(5-7-17)10-8-14-12(13)11(15-10)9(2)18;1-2-21(19,20)16-5-3-15(4-6-16)8-7-13-10(12)9(14-8)11(17)18;1-11-6(10)4-5(7)9-3-2-8-4/h3-7,12-14H,2,8-11H2,1H3,(H2,21,22);3-9,14H,2,10-13H2,1H3,(H2,20,21);8H,3-7H2,1-2H3,(H2,13,14);7H,2-6H2,1H3,(H2,12,13)(H,17,18);2-3H,1H3,(H2,7,9)/b;9-8+;;;. The molecule has 39 nitrogen and oxygen atoms in total. The number of sulfonamides is 4. The molecule has 10 heterocycles. The van der Waals surface area contributed by atoms with E-state index in [0.717, 1.165) is 16.8 Å². The Morgan fingerprint density at radius 2 is 0.784 bits per heavy atom. The van der Waals surface area contributed by atoms with Gasteiger partial charge < -0.3 is 58.1 Å². The number of carbonyl (C=O) groups excluding carboxylic acids is 3. The lowest BCUT2D eigenvalue weighted by Crippen LogP contribution is -2.49. The number of rotatable bonds is 20. The highest BCUT2D eigenvalue weighted by Gasteiger charge is 2.32. The number of hydrogen-bond acceptors (Lipinski definition) is 34. The van der Waals surface area contributed by atoms with Crippen molar-refractivity contribution in [3.63, 3.8) is 0 Å². The number of anilines is 9. The van der Waals surface area contributed by atoms with Gasteiger partial charge >= 0.3 is 11.9 Å². The van der Waals surface area contributed by atoms with E-state index in [1.165, 1.54) is 74.6 Å². The normalized spacial score (nSPS) is 15.4. The Hall–Kier alpha value is -11.2. The van der Waals surface area contributed by atoms with Gasteiger partial charge in [0.05, 0.1) is 66.3 Å². The predicted molar refractivity (Wildman–Crippen MR) is 420 cm³/mol. The molecule has 0 bridgehead atoms. The number of esters is 1. The van der Waals surface area contributed by atoms with Gasteiger partial charge in [-0.25, -0.2) is 103 Å². The van der Waals surface area contributed by atoms with Gasteiger partial charge in [0.2, 0.25) is 45.9 Å². The van der Waals surface area contributed by atoms with Gasteiger partial charge in [0.25, 0.3) is 0 Å². The maximum atomic E-state index is 12.5. The molecule has 2 aromatic carbocycles. The molecule has 43 heteroatoms. The number of nitrogens with zero attached hydrogens (tertiary/aromatic N) is 20. The molecule has 12 rings (SSSR count). The number of Topliss-reactive ketones (excluding diaryl/α,β-unsaturated/α-hetero) is 1. The summed E-state index contributed by atoms with van der Waals surface area (Å²) in [5, 5.41) is 8.98. The molecule has 0 radical (unpaired) electrons. The fraction of sp³-hybridized carbons (Fsp3) is 0.382. The molecule has 0 atom stereocenters. The van der Waals surface area contributed by atoms with Crippen molar-refractivity contribution in [2.75, 3.05) is 183 Å². The topological polar surface area (TPSA) is 545 Å². The van der Waals surface area contributed by atoms with E-state index in [4.69, 9.17) is 33.8 Å². The average Bonchev–Trinajstić information content (AvgIpc) is 0.810. The third kappa shape index (κ3) is 23.0. The molecule has 0 saturated carbocycles. The lowest BCUT2D eigenvalue weighted by Gasteiger charge is -2.34. The number of allylic oxidation sites excluding steroid dienone is 1. The molecule has 6 aromatic heterocycles. The fourth-order valence-electron chi connectivity index (χ4n) is 11.1. The second kappa shape index (κ2) is 38.9. The minimum atomic E-state index is -3.20.